The van der Waals surface area contributed by atoms with E-state index in [0.717, 1.165) is 12.0 Å². The third kappa shape index (κ3) is 3.56. The first-order valence-electron chi connectivity index (χ1n) is 4.67. The fourth-order valence-corrected chi connectivity index (χ4v) is 1.00. The van der Waals surface area contributed by atoms with Crippen LogP contribution in [0.1, 0.15) is 18.9 Å². The fourth-order valence-electron chi connectivity index (χ4n) is 1.00. The van der Waals surface area contributed by atoms with E-state index in [1.165, 1.54) is 0 Å². The average molecular weight is 190 g/mol. The highest BCUT2D eigenvalue weighted by Crippen LogP contribution is 1.99. The highest BCUT2D eigenvalue weighted by atomic mass is 16.6. The van der Waals surface area contributed by atoms with E-state index in [9.17, 15) is 0 Å². The van der Waals surface area contributed by atoms with Gasteiger partial charge in [0.15, 0.2) is 0 Å². The molecule has 1 rings (SSSR count). The lowest BCUT2D eigenvalue weighted by Crippen LogP contribution is -2.26. The second kappa shape index (κ2) is 6.14. The van der Waals surface area contributed by atoms with Crippen molar-refractivity contribution in [3.8, 4) is 6.07 Å². The van der Waals surface area contributed by atoms with Gasteiger partial charge in [0.05, 0.1) is 12.7 Å². The zero-order valence-electron chi connectivity index (χ0n) is 8.23. The molecule has 1 N–H and O–H groups in total. The Hall–Kier alpha value is -1.37. The second-order valence-electron chi connectivity index (χ2n) is 2.98. The SMILES string of the molecule is CCC(C#N)NOCc1ccccc1. The first kappa shape index (κ1) is 10.7. The van der Waals surface area contributed by atoms with Crippen LogP contribution in [0.5, 0.6) is 0 Å². The molecular formula is C11H14N2O. The molecule has 14 heavy (non-hydrogen) atoms. The van der Waals surface area contributed by atoms with Crippen LogP contribution in [0, 0.1) is 11.3 Å². The quantitative estimate of drug-likeness (QED) is 0.722. The molecule has 0 spiro atoms. The number of nitriles is 1. The Balaban J connectivity index is 2.26. The van der Waals surface area contributed by atoms with Crippen LogP contribution in [0.4, 0.5) is 0 Å². The van der Waals surface area contributed by atoms with E-state index in [0.29, 0.717) is 6.61 Å². The van der Waals surface area contributed by atoms with Crippen LogP contribution >= 0.6 is 0 Å². The topological polar surface area (TPSA) is 45.0 Å². The minimum atomic E-state index is -0.223. The molecule has 0 aliphatic carbocycles. The third-order valence-corrected chi connectivity index (χ3v) is 1.87. The van der Waals surface area contributed by atoms with E-state index in [1.807, 2.05) is 37.3 Å². The Labute approximate surface area is 84.3 Å². The van der Waals surface area contributed by atoms with Gasteiger partial charge in [-0.05, 0) is 12.0 Å². The largest absolute Gasteiger partial charge is 0.296 e. The zero-order chi connectivity index (χ0) is 10.2. The van der Waals surface area contributed by atoms with E-state index >= 15 is 0 Å². The van der Waals surface area contributed by atoms with Gasteiger partial charge in [0.25, 0.3) is 0 Å². The molecule has 0 fully saturated rings. The van der Waals surface area contributed by atoms with Crippen LogP contribution < -0.4 is 5.48 Å². The molecule has 0 radical (unpaired) electrons. The van der Waals surface area contributed by atoms with E-state index in [-0.39, 0.29) is 6.04 Å². The standard InChI is InChI=1S/C11H14N2O/c1-2-11(8-12)13-14-9-10-6-4-3-5-7-10/h3-7,11,13H,2,9H2,1H3. The predicted octanol–water partition coefficient (Wildman–Crippen LogP) is 2.01. The summed E-state index contributed by atoms with van der Waals surface area (Å²) in [6, 6.07) is 11.7. The molecule has 74 valence electrons. The molecule has 0 bridgehead atoms. The Morgan fingerprint density at radius 1 is 1.43 bits per heavy atom. The summed E-state index contributed by atoms with van der Waals surface area (Å²) < 4.78 is 0. The first-order chi connectivity index (χ1) is 6.86. The van der Waals surface area contributed by atoms with Gasteiger partial charge in [-0.1, -0.05) is 37.3 Å². The van der Waals surface area contributed by atoms with Gasteiger partial charge in [-0.15, -0.1) is 0 Å². The lowest BCUT2D eigenvalue weighted by atomic mass is 10.2. The molecule has 1 aromatic carbocycles. The summed E-state index contributed by atoms with van der Waals surface area (Å²) in [5.74, 6) is 0. The van der Waals surface area contributed by atoms with Crippen molar-refractivity contribution in [2.24, 2.45) is 0 Å². The normalized spacial score (nSPS) is 12.0. The zero-order valence-corrected chi connectivity index (χ0v) is 8.23. The van der Waals surface area contributed by atoms with Gasteiger partial charge in [-0.25, -0.2) is 0 Å². The van der Waals surface area contributed by atoms with Gasteiger partial charge in [-0.3, -0.25) is 4.84 Å². The first-order valence-corrected chi connectivity index (χ1v) is 4.67. The minimum absolute atomic E-state index is 0.223. The van der Waals surface area contributed by atoms with E-state index in [4.69, 9.17) is 10.1 Å². The maximum absolute atomic E-state index is 8.63. The summed E-state index contributed by atoms with van der Waals surface area (Å²) in [7, 11) is 0. The van der Waals surface area contributed by atoms with Gasteiger partial charge in [-0.2, -0.15) is 10.7 Å². The maximum atomic E-state index is 8.63. The van der Waals surface area contributed by atoms with E-state index in [2.05, 4.69) is 11.5 Å². The highest BCUT2D eigenvalue weighted by molar-refractivity contribution is 5.13. The van der Waals surface area contributed by atoms with Crippen LogP contribution in [0.25, 0.3) is 0 Å². The van der Waals surface area contributed by atoms with E-state index < -0.39 is 0 Å². The van der Waals surface area contributed by atoms with E-state index in [1.54, 1.807) is 0 Å². The highest BCUT2D eigenvalue weighted by Gasteiger charge is 2.02. The number of hydrogen-bond acceptors (Lipinski definition) is 3. The number of nitrogens with zero attached hydrogens (tertiary/aromatic N) is 1. The molecule has 1 aromatic rings. The molecule has 1 atom stereocenters. The van der Waals surface area contributed by atoms with Crippen LogP contribution in [0.15, 0.2) is 30.3 Å². The van der Waals surface area contributed by atoms with Gasteiger partial charge in [0.2, 0.25) is 0 Å². The van der Waals surface area contributed by atoms with Gasteiger partial charge >= 0.3 is 0 Å². The molecule has 3 heteroatoms. The molecular weight excluding hydrogens is 176 g/mol. The smallest absolute Gasteiger partial charge is 0.118 e. The van der Waals surface area contributed by atoms with Crippen molar-refractivity contribution < 1.29 is 4.84 Å². The van der Waals surface area contributed by atoms with Crippen LogP contribution in [-0.2, 0) is 11.4 Å². The van der Waals surface area contributed by atoms with Gasteiger partial charge in [0.1, 0.15) is 6.04 Å². The maximum Gasteiger partial charge on any atom is 0.118 e. The van der Waals surface area contributed by atoms with Crippen molar-refractivity contribution in [1.29, 1.82) is 5.26 Å². The lowest BCUT2D eigenvalue weighted by Gasteiger charge is -2.08. The number of nitrogens with one attached hydrogen (secondary N) is 1. The Bertz CT molecular complexity index is 292. The molecule has 0 heterocycles. The molecule has 0 saturated heterocycles. The van der Waals surface area contributed by atoms with Crippen molar-refractivity contribution in [3.05, 3.63) is 35.9 Å². The lowest BCUT2D eigenvalue weighted by molar-refractivity contribution is 0.0144. The van der Waals surface area contributed by atoms with Crippen LogP contribution in [-0.4, -0.2) is 6.04 Å². The summed E-state index contributed by atoms with van der Waals surface area (Å²) in [6.45, 7) is 2.42. The summed E-state index contributed by atoms with van der Waals surface area (Å²) in [4.78, 5) is 5.19. The fraction of sp³-hybridized carbons (Fsp3) is 0.364. The number of benzene rings is 1. The Morgan fingerprint density at radius 3 is 2.71 bits per heavy atom. The molecule has 0 amide bonds. The molecule has 0 saturated carbocycles. The predicted molar refractivity (Wildman–Crippen MR) is 54.1 cm³/mol. The molecule has 1 unspecified atom stereocenters. The summed E-state index contributed by atoms with van der Waals surface area (Å²) >= 11 is 0. The Morgan fingerprint density at radius 2 is 2.14 bits per heavy atom. The number of rotatable bonds is 5. The second-order valence-corrected chi connectivity index (χ2v) is 2.98. The summed E-state index contributed by atoms with van der Waals surface area (Å²) in [5.41, 5.74) is 3.80. The molecule has 3 nitrogen and oxygen atoms in total. The number of hydrogen-bond donors (Lipinski definition) is 1. The van der Waals surface area contributed by atoms with Crippen LogP contribution in [0.2, 0.25) is 0 Å². The summed E-state index contributed by atoms with van der Waals surface area (Å²) in [5, 5.41) is 8.63. The summed E-state index contributed by atoms with van der Waals surface area (Å²) in [6.07, 6.45) is 0.741. The van der Waals surface area contributed by atoms with Crippen LogP contribution in [0.3, 0.4) is 0 Å². The Kier molecular flexibility index (Phi) is 4.70. The number of hydroxylamine groups is 1. The average Bonchev–Trinajstić information content (AvgIpc) is 2.26. The van der Waals surface area contributed by atoms with Crippen molar-refractivity contribution in [2.45, 2.75) is 26.0 Å². The molecule has 0 aromatic heterocycles. The van der Waals surface area contributed by atoms with Crippen molar-refractivity contribution in [1.82, 2.24) is 5.48 Å². The van der Waals surface area contributed by atoms with Gasteiger partial charge < -0.3 is 0 Å². The van der Waals surface area contributed by atoms with Gasteiger partial charge in [0, 0.05) is 0 Å². The monoisotopic (exact) mass is 190 g/mol. The minimum Gasteiger partial charge on any atom is -0.296 e. The third-order valence-electron chi connectivity index (χ3n) is 1.87. The van der Waals surface area contributed by atoms with Crippen molar-refractivity contribution >= 4 is 0 Å². The molecule has 0 aliphatic heterocycles. The molecule has 0 aliphatic rings. The van der Waals surface area contributed by atoms with Crippen molar-refractivity contribution in [2.75, 3.05) is 0 Å². The van der Waals surface area contributed by atoms with Crippen molar-refractivity contribution in [3.63, 3.8) is 0 Å².